The first-order chi connectivity index (χ1) is 14.5. The average molecular weight is 443 g/mol. The number of thiocarbonyl (C=S) groups is 1. The monoisotopic (exact) mass is 442 g/mol. The molecule has 0 atom stereocenters. The van der Waals surface area contributed by atoms with E-state index >= 15 is 0 Å². The van der Waals surface area contributed by atoms with Crippen molar-refractivity contribution in [2.45, 2.75) is 13.8 Å². The number of carbonyl (C=O) groups excluding carboxylic acids is 2. The molecule has 0 bridgehead atoms. The molecule has 6 nitrogen and oxygen atoms in total. The Morgan fingerprint density at radius 1 is 1.03 bits per heavy atom. The number of nitrogens with one attached hydrogen (secondary N) is 1. The topological polar surface area (TPSA) is 67.9 Å². The Morgan fingerprint density at radius 3 is 2.17 bits per heavy atom. The first-order valence-electron chi connectivity index (χ1n) is 9.51. The summed E-state index contributed by atoms with van der Waals surface area (Å²) in [5.74, 6) is 0.901. The zero-order chi connectivity index (χ0) is 21.5. The number of hydrogen-bond acceptors (Lipinski definition) is 6. The molecular formula is C22H22N2O4S2. The number of ether oxygens (including phenoxy) is 2. The van der Waals surface area contributed by atoms with Gasteiger partial charge in [-0.2, -0.15) is 0 Å². The van der Waals surface area contributed by atoms with E-state index in [0.29, 0.717) is 28.1 Å². The van der Waals surface area contributed by atoms with Crippen molar-refractivity contribution in [2.24, 2.45) is 0 Å². The average Bonchev–Trinajstić information content (AvgIpc) is 2.99. The zero-order valence-corrected chi connectivity index (χ0v) is 18.3. The van der Waals surface area contributed by atoms with Crippen LogP contribution in [-0.2, 0) is 9.59 Å². The molecule has 8 heteroatoms. The molecule has 1 heterocycles. The Bertz CT molecular complexity index is 956. The van der Waals surface area contributed by atoms with Gasteiger partial charge >= 0.3 is 0 Å². The third kappa shape index (κ3) is 5.61. The minimum absolute atomic E-state index is 0.140. The summed E-state index contributed by atoms with van der Waals surface area (Å²) in [6.07, 6.45) is 1.76. The first-order valence-corrected chi connectivity index (χ1v) is 10.7. The Morgan fingerprint density at radius 2 is 1.60 bits per heavy atom. The second-order valence-corrected chi connectivity index (χ2v) is 7.95. The fraction of sp³-hybridized carbons (Fsp3) is 0.227. The fourth-order valence-corrected chi connectivity index (χ4v) is 4.01. The van der Waals surface area contributed by atoms with Crippen LogP contribution in [0.1, 0.15) is 19.4 Å². The van der Waals surface area contributed by atoms with Gasteiger partial charge in [0.25, 0.3) is 5.91 Å². The molecule has 2 aromatic rings. The first kappa shape index (κ1) is 21.9. The molecule has 0 unspecified atom stereocenters. The van der Waals surface area contributed by atoms with Gasteiger partial charge in [0.2, 0.25) is 5.91 Å². The number of amides is 2. The van der Waals surface area contributed by atoms with Crippen LogP contribution in [0.5, 0.6) is 11.5 Å². The molecule has 1 aliphatic heterocycles. The minimum Gasteiger partial charge on any atom is -0.494 e. The molecule has 0 radical (unpaired) electrons. The van der Waals surface area contributed by atoms with E-state index in [9.17, 15) is 9.59 Å². The Kier molecular flexibility index (Phi) is 7.48. The third-order valence-electron chi connectivity index (χ3n) is 4.11. The van der Waals surface area contributed by atoms with Crippen LogP contribution in [0.15, 0.2) is 53.4 Å². The number of benzene rings is 2. The molecule has 0 aliphatic carbocycles. The van der Waals surface area contributed by atoms with Crippen molar-refractivity contribution in [3.8, 4) is 11.5 Å². The van der Waals surface area contributed by atoms with Crippen LogP contribution in [0.25, 0.3) is 6.08 Å². The molecule has 1 N–H and O–H groups in total. The summed E-state index contributed by atoms with van der Waals surface area (Å²) < 4.78 is 11.2. The number of anilines is 1. The summed E-state index contributed by atoms with van der Waals surface area (Å²) in [6.45, 7) is 4.85. The molecule has 0 saturated carbocycles. The van der Waals surface area contributed by atoms with Crippen molar-refractivity contribution in [3.63, 3.8) is 0 Å². The summed E-state index contributed by atoms with van der Waals surface area (Å²) in [7, 11) is 0. The molecule has 1 fully saturated rings. The highest BCUT2D eigenvalue weighted by molar-refractivity contribution is 8.26. The highest BCUT2D eigenvalue weighted by Crippen LogP contribution is 2.32. The van der Waals surface area contributed by atoms with E-state index in [1.165, 1.54) is 16.7 Å². The lowest BCUT2D eigenvalue weighted by molar-refractivity contribution is -0.126. The third-order valence-corrected chi connectivity index (χ3v) is 5.49. The van der Waals surface area contributed by atoms with E-state index in [-0.39, 0.29) is 18.4 Å². The number of hydrogen-bond donors (Lipinski definition) is 1. The van der Waals surface area contributed by atoms with Gasteiger partial charge in [-0.05, 0) is 61.9 Å². The van der Waals surface area contributed by atoms with E-state index in [0.717, 1.165) is 17.1 Å². The van der Waals surface area contributed by atoms with Gasteiger partial charge in [0, 0.05) is 5.69 Å². The predicted octanol–water partition coefficient (Wildman–Crippen LogP) is 4.32. The lowest BCUT2D eigenvalue weighted by atomic mass is 10.2. The highest BCUT2D eigenvalue weighted by Gasteiger charge is 2.33. The summed E-state index contributed by atoms with van der Waals surface area (Å²) >= 11 is 6.49. The standard InChI is InChI=1S/C22H22N2O4S2/c1-3-27-17-9-5-15(6-10-17)13-19-21(26)24(22(29)30-19)14-20(25)23-16-7-11-18(12-8-16)28-4-2/h5-13H,3-4,14H2,1-2H3,(H,23,25). The maximum absolute atomic E-state index is 12.7. The Balaban J connectivity index is 1.62. The van der Waals surface area contributed by atoms with E-state index in [1.807, 2.05) is 38.1 Å². The van der Waals surface area contributed by atoms with Crippen LogP contribution in [0.2, 0.25) is 0 Å². The lowest BCUT2D eigenvalue weighted by Gasteiger charge is -2.14. The van der Waals surface area contributed by atoms with Crippen LogP contribution in [0, 0.1) is 0 Å². The molecule has 3 rings (SSSR count). The maximum Gasteiger partial charge on any atom is 0.266 e. The Hall–Kier alpha value is -2.84. The largest absolute Gasteiger partial charge is 0.494 e. The van der Waals surface area contributed by atoms with Crippen LogP contribution in [0.3, 0.4) is 0 Å². The van der Waals surface area contributed by atoms with Gasteiger partial charge in [-0.3, -0.25) is 14.5 Å². The van der Waals surface area contributed by atoms with Crippen LogP contribution in [0.4, 0.5) is 5.69 Å². The summed E-state index contributed by atoms with van der Waals surface area (Å²) in [5, 5.41) is 2.77. The molecule has 1 saturated heterocycles. The lowest BCUT2D eigenvalue weighted by Crippen LogP contribution is -2.36. The van der Waals surface area contributed by atoms with Crippen molar-refractivity contribution < 1.29 is 19.1 Å². The van der Waals surface area contributed by atoms with Gasteiger partial charge < -0.3 is 14.8 Å². The second-order valence-electron chi connectivity index (χ2n) is 6.28. The quantitative estimate of drug-likeness (QED) is 0.485. The van der Waals surface area contributed by atoms with Gasteiger partial charge in [-0.15, -0.1) is 0 Å². The predicted molar refractivity (Wildman–Crippen MR) is 124 cm³/mol. The molecular weight excluding hydrogens is 420 g/mol. The number of rotatable bonds is 8. The van der Waals surface area contributed by atoms with Gasteiger partial charge in [-0.1, -0.05) is 36.1 Å². The smallest absolute Gasteiger partial charge is 0.266 e. The van der Waals surface area contributed by atoms with Crippen molar-refractivity contribution in [3.05, 3.63) is 59.0 Å². The summed E-state index contributed by atoms with van der Waals surface area (Å²) in [4.78, 5) is 26.9. The van der Waals surface area contributed by atoms with Crippen LogP contribution >= 0.6 is 24.0 Å². The molecule has 2 aromatic carbocycles. The zero-order valence-electron chi connectivity index (χ0n) is 16.7. The molecule has 0 spiro atoms. The number of carbonyl (C=O) groups is 2. The van der Waals surface area contributed by atoms with Crippen molar-refractivity contribution in [1.29, 1.82) is 0 Å². The number of nitrogens with zero attached hydrogens (tertiary/aromatic N) is 1. The van der Waals surface area contributed by atoms with E-state index in [2.05, 4.69) is 5.32 Å². The molecule has 2 amide bonds. The number of thioether (sulfide) groups is 1. The van der Waals surface area contributed by atoms with Crippen molar-refractivity contribution in [2.75, 3.05) is 25.1 Å². The normalized spacial score (nSPS) is 14.9. The summed E-state index contributed by atoms with van der Waals surface area (Å²) in [5.41, 5.74) is 1.48. The molecule has 30 heavy (non-hydrogen) atoms. The minimum atomic E-state index is -0.322. The van der Waals surface area contributed by atoms with E-state index in [1.54, 1.807) is 30.3 Å². The van der Waals surface area contributed by atoms with Crippen LogP contribution < -0.4 is 14.8 Å². The highest BCUT2D eigenvalue weighted by atomic mass is 32.2. The molecule has 156 valence electrons. The molecule has 0 aromatic heterocycles. The fourth-order valence-electron chi connectivity index (χ4n) is 2.76. The van der Waals surface area contributed by atoms with Gasteiger partial charge in [0.05, 0.1) is 18.1 Å². The van der Waals surface area contributed by atoms with Crippen molar-refractivity contribution in [1.82, 2.24) is 4.90 Å². The van der Waals surface area contributed by atoms with Crippen molar-refractivity contribution >= 4 is 51.9 Å². The van der Waals surface area contributed by atoms with Crippen LogP contribution in [-0.4, -0.2) is 40.8 Å². The van der Waals surface area contributed by atoms with Gasteiger partial charge in [0.15, 0.2) is 0 Å². The SMILES string of the molecule is CCOc1ccc(C=C2SC(=S)N(CC(=O)Nc3ccc(OCC)cc3)C2=O)cc1. The van der Waals surface area contributed by atoms with E-state index in [4.69, 9.17) is 21.7 Å². The van der Waals surface area contributed by atoms with Gasteiger partial charge in [0.1, 0.15) is 22.4 Å². The molecule has 1 aliphatic rings. The maximum atomic E-state index is 12.7. The second kappa shape index (κ2) is 10.3. The van der Waals surface area contributed by atoms with Gasteiger partial charge in [-0.25, -0.2) is 0 Å². The van der Waals surface area contributed by atoms with E-state index < -0.39 is 0 Å². The Labute approximate surface area is 185 Å². The summed E-state index contributed by atoms with van der Waals surface area (Å²) in [6, 6.07) is 14.5.